The van der Waals surface area contributed by atoms with Crippen LogP contribution in [-0.2, 0) is 16.1 Å². The molecule has 0 aromatic heterocycles. The van der Waals surface area contributed by atoms with E-state index in [1.54, 1.807) is 7.11 Å². The first-order valence-electron chi connectivity index (χ1n) is 9.71. The van der Waals surface area contributed by atoms with Gasteiger partial charge in [-0.2, -0.15) is 0 Å². The second kappa shape index (κ2) is 8.12. The SMILES string of the molecule is COc1cc(-c2ccccc2)ccc1CN1CCN(N2C(=O)CCC2=O)CC1. The molecule has 0 spiro atoms. The molecular formula is C22H25N3O3. The fourth-order valence-electron chi connectivity index (χ4n) is 3.90. The number of nitrogens with zero attached hydrogens (tertiary/aromatic N) is 3. The van der Waals surface area contributed by atoms with Crippen molar-refractivity contribution in [2.24, 2.45) is 0 Å². The average Bonchev–Trinajstić information content (AvgIpc) is 3.08. The molecular weight excluding hydrogens is 354 g/mol. The number of carbonyl (C=O) groups is 2. The van der Waals surface area contributed by atoms with Gasteiger partial charge in [0.2, 0.25) is 11.8 Å². The van der Waals surface area contributed by atoms with Crippen molar-refractivity contribution in [1.82, 2.24) is 14.9 Å². The predicted molar refractivity (Wildman–Crippen MR) is 106 cm³/mol. The molecule has 6 nitrogen and oxygen atoms in total. The molecule has 0 aliphatic carbocycles. The summed E-state index contributed by atoms with van der Waals surface area (Å²) < 4.78 is 5.64. The van der Waals surface area contributed by atoms with Crippen LogP contribution in [0.15, 0.2) is 48.5 Å². The summed E-state index contributed by atoms with van der Waals surface area (Å²) in [5, 5.41) is 3.25. The Morgan fingerprint density at radius 3 is 2.18 bits per heavy atom. The average molecular weight is 379 g/mol. The van der Waals surface area contributed by atoms with Crippen LogP contribution in [0.3, 0.4) is 0 Å². The number of piperazine rings is 1. The van der Waals surface area contributed by atoms with E-state index in [-0.39, 0.29) is 11.8 Å². The Morgan fingerprint density at radius 1 is 0.857 bits per heavy atom. The molecule has 0 saturated carbocycles. The van der Waals surface area contributed by atoms with Crippen LogP contribution in [0, 0.1) is 0 Å². The number of hydrogen-bond donors (Lipinski definition) is 0. The maximum absolute atomic E-state index is 11.9. The van der Waals surface area contributed by atoms with E-state index in [1.807, 2.05) is 23.2 Å². The van der Waals surface area contributed by atoms with E-state index >= 15 is 0 Å². The number of amides is 2. The molecule has 2 fully saturated rings. The number of rotatable bonds is 5. The zero-order chi connectivity index (χ0) is 19.5. The van der Waals surface area contributed by atoms with Crippen LogP contribution in [0.25, 0.3) is 11.1 Å². The number of imide groups is 1. The molecule has 2 aliphatic rings. The van der Waals surface area contributed by atoms with Gasteiger partial charge in [-0.05, 0) is 17.2 Å². The van der Waals surface area contributed by atoms with Crippen molar-refractivity contribution in [2.45, 2.75) is 19.4 Å². The highest BCUT2D eigenvalue weighted by Gasteiger charge is 2.35. The quantitative estimate of drug-likeness (QED) is 0.748. The number of hydrogen-bond acceptors (Lipinski definition) is 5. The third-order valence-electron chi connectivity index (χ3n) is 5.44. The first-order valence-corrected chi connectivity index (χ1v) is 9.71. The summed E-state index contributed by atoms with van der Waals surface area (Å²) in [5.41, 5.74) is 3.45. The van der Waals surface area contributed by atoms with E-state index in [9.17, 15) is 9.59 Å². The van der Waals surface area contributed by atoms with Crippen LogP contribution < -0.4 is 4.74 Å². The molecule has 0 unspecified atom stereocenters. The Hall–Kier alpha value is -2.70. The third kappa shape index (κ3) is 3.79. The molecule has 0 atom stereocenters. The summed E-state index contributed by atoms with van der Waals surface area (Å²) in [7, 11) is 1.70. The summed E-state index contributed by atoms with van der Waals surface area (Å²) in [5.74, 6) is 0.738. The summed E-state index contributed by atoms with van der Waals surface area (Å²) in [6.07, 6.45) is 0.675. The third-order valence-corrected chi connectivity index (χ3v) is 5.44. The molecule has 2 saturated heterocycles. The first-order chi connectivity index (χ1) is 13.7. The molecule has 6 heteroatoms. The zero-order valence-corrected chi connectivity index (χ0v) is 16.1. The molecule has 2 aromatic carbocycles. The van der Waals surface area contributed by atoms with Crippen LogP contribution >= 0.6 is 0 Å². The Bertz CT molecular complexity index is 845. The second-order valence-corrected chi connectivity index (χ2v) is 7.22. The van der Waals surface area contributed by atoms with Crippen LogP contribution in [0.4, 0.5) is 0 Å². The maximum atomic E-state index is 11.9. The fraction of sp³-hybridized carbons (Fsp3) is 0.364. The lowest BCUT2D eigenvalue weighted by molar-refractivity contribution is -0.160. The molecule has 28 heavy (non-hydrogen) atoms. The molecule has 0 radical (unpaired) electrons. The van der Waals surface area contributed by atoms with Crippen molar-refractivity contribution >= 4 is 11.8 Å². The van der Waals surface area contributed by atoms with E-state index in [0.29, 0.717) is 25.9 Å². The summed E-state index contributed by atoms with van der Waals surface area (Å²) >= 11 is 0. The molecule has 2 heterocycles. The van der Waals surface area contributed by atoms with Crippen LogP contribution in [0.2, 0.25) is 0 Å². The Kier molecular flexibility index (Phi) is 5.41. The van der Waals surface area contributed by atoms with Gasteiger partial charge in [-0.15, -0.1) is 0 Å². The van der Waals surface area contributed by atoms with E-state index in [0.717, 1.165) is 36.5 Å². The molecule has 2 aliphatic heterocycles. The monoisotopic (exact) mass is 379 g/mol. The molecule has 2 amide bonds. The number of carbonyl (C=O) groups excluding carboxylic acids is 2. The van der Waals surface area contributed by atoms with Crippen molar-refractivity contribution in [3.05, 3.63) is 54.1 Å². The van der Waals surface area contributed by atoms with E-state index in [4.69, 9.17) is 4.74 Å². The van der Waals surface area contributed by atoms with Gasteiger partial charge >= 0.3 is 0 Å². The Labute approximate surface area is 165 Å². The molecule has 0 bridgehead atoms. The smallest absolute Gasteiger partial charge is 0.244 e. The van der Waals surface area contributed by atoms with Crippen molar-refractivity contribution in [3.63, 3.8) is 0 Å². The second-order valence-electron chi connectivity index (χ2n) is 7.22. The van der Waals surface area contributed by atoms with Gasteiger partial charge in [0.1, 0.15) is 5.75 Å². The molecule has 0 N–H and O–H groups in total. The van der Waals surface area contributed by atoms with E-state index < -0.39 is 0 Å². The van der Waals surface area contributed by atoms with Crippen molar-refractivity contribution < 1.29 is 14.3 Å². The Balaban J connectivity index is 1.41. The largest absolute Gasteiger partial charge is 0.496 e. The number of benzene rings is 2. The first kappa shape index (κ1) is 18.7. The molecule has 4 rings (SSSR count). The normalized spacial score (nSPS) is 18.7. The molecule has 146 valence electrons. The van der Waals surface area contributed by atoms with Crippen LogP contribution in [0.5, 0.6) is 5.75 Å². The lowest BCUT2D eigenvalue weighted by atomic mass is 10.0. The van der Waals surface area contributed by atoms with Crippen molar-refractivity contribution in [2.75, 3.05) is 33.3 Å². The molecule has 2 aromatic rings. The van der Waals surface area contributed by atoms with Gasteiger partial charge in [0.15, 0.2) is 0 Å². The van der Waals surface area contributed by atoms with E-state index in [1.165, 1.54) is 10.6 Å². The van der Waals surface area contributed by atoms with Crippen molar-refractivity contribution in [1.29, 1.82) is 0 Å². The van der Waals surface area contributed by atoms with Gasteiger partial charge in [0.05, 0.1) is 7.11 Å². The fourth-order valence-corrected chi connectivity index (χ4v) is 3.90. The van der Waals surface area contributed by atoms with Gasteiger partial charge in [-0.25, -0.2) is 10.0 Å². The number of hydrazine groups is 1. The minimum atomic E-state index is -0.0726. The zero-order valence-electron chi connectivity index (χ0n) is 16.1. The highest BCUT2D eigenvalue weighted by molar-refractivity contribution is 6.01. The van der Waals surface area contributed by atoms with Crippen molar-refractivity contribution in [3.8, 4) is 16.9 Å². The lowest BCUT2D eigenvalue weighted by Gasteiger charge is -2.38. The van der Waals surface area contributed by atoms with Gasteiger partial charge in [-0.1, -0.05) is 42.5 Å². The summed E-state index contributed by atoms with van der Waals surface area (Å²) in [4.78, 5) is 26.2. The van der Waals surface area contributed by atoms with Gasteiger partial charge in [-0.3, -0.25) is 14.5 Å². The topological polar surface area (TPSA) is 53.1 Å². The summed E-state index contributed by atoms with van der Waals surface area (Å²) in [6, 6.07) is 16.6. The van der Waals surface area contributed by atoms with Gasteiger partial charge in [0, 0.05) is 51.1 Å². The minimum Gasteiger partial charge on any atom is -0.496 e. The highest BCUT2D eigenvalue weighted by Crippen LogP contribution is 2.28. The minimum absolute atomic E-state index is 0.0726. The van der Waals surface area contributed by atoms with Gasteiger partial charge < -0.3 is 4.74 Å². The number of ether oxygens (including phenoxy) is 1. The standard InChI is InChI=1S/C22H25N3O3/c1-28-20-15-18(17-5-3-2-4-6-17)7-8-19(20)16-23-11-13-24(14-12-23)25-21(26)9-10-22(25)27/h2-8,15H,9-14,16H2,1H3. The van der Waals surface area contributed by atoms with Gasteiger partial charge in [0.25, 0.3) is 0 Å². The number of methoxy groups -OCH3 is 1. The lowest BCUT2D eigenvalue weighted by Crippen LogP contribution is -2.55. The summed E-state index contributed by atoms with van der Waals surface area (Å²) in [6.45, 7) is 3.76. The van der Waals surface area contributed by atoms with Crippen LogP contribution in [-0.4, -0.2) is 60.0 Å². The predicted octanol–water partition coefficient (Wildman–Crippen LogP) is 2.54. The maximum Gasteiger partial charge on any atom is 0.244 e. The Morgan fingerprint density at radius 2 is 1.54 bits per heavy atom. The van der Waals surface area contributed by atoms with Crippen LogP contribution in [0.1, 0.15) is 18.4 Å². The highest BCUT2D eigenvalue weighted by atomic mass is 16.5. The van der Waals surface area contributed by atoms with E-state index in [2.05, 4.69) is 35.2 Å².